The number of aliphatic imine (C=N–C) groups is 1. The predicted molar refractivity (Wildman–Crippen MR) is 31.5 cm³/mol. The van der Waals surface area contributed by atoms with Crippen LogP contribution in [0, 0.1) is 0 Å². The standard InChI is InChI=1S/C6H9N/c1-5-3-6(2)7-4-5/h4H,3H2,1-2H3. The van der Waals surface area contributed by atoms with Crippen LogP contribution in [0.5, 0.6) is 0 Å². The molecule has 0 atom stereocenters. The minimum atomic E-state index is 1.08. The van der Waals surface area contributed by atoms with Gasteiger partial charge in [-0.3, -0.25) is 4.99 Å². The van der Waals surface area contributed by atoms with E-state index in [2.05, 4.69) is 11.9 Å². The molecule has 0 unspecified atom stereocenters. The zero-order valence-electron chi connectivity index (χ0n) is 4.73. The summed E-state index contributed by atoms with van der Waals surface area (Å²) in [7, 11) is 0. The molecule has 7 heavy (non-hydrogen) atoms. The second-order valence-corrected chi connectivity index (χ2v) is 2.02. The summed E-state index contributed by atoms with van der Waals surface area (Å²) in [6, 6.07) is 0. The lowest BCUT2D eigenvalue weighted by Crippen LogP contribution is -1.82. The van der Waals surface area contributed by atoms with Crippen molar-refractivity contribution >= 4 is 5.71 Å². The SMILES string of the molecule is CC1=CN=C(C)C1. The normalized spacial score (nSPS) is 19.1. The van der Waals surface area contributed by atoms with Crippen LogP contribution in [0.3, 0.4) is 0 Å². The van der Waals surface area contributed by atoms with Crippen LogP contribution in [0.25, 0.3) is 0 Å². The molecular formula is C6H9N. The van der Waals surface area contributed by atoms with E-state index in [0.717, 1.165) is 6.42 Å². The molecule has 0 N–H and O–H groups in total. The highest BCUT2D eigenvalue weighted by molar-refractivity contribution is 5.86. The van der Waals surface area contributed by atoms with Gasteiger partial charge in [0.1, 0.15) is 0 Å². The van der Waals surface area contributed by atoms with Crippen molar-refractivity contribution in [3.63, 3.8) is 0 Å². The topological polar surface area (TPSA) is 12.4 Å². The first-order valence-corrected chi connectivity index (χ1v) is 2.48. The molecule has 38 valence electrons. The van der Waals surface area contributed by atoms with Crippen molar-refractivity contribution in [3.05, 3.63) is 11.8 Å². The van der Waals surface area contributed by atoms with E-state index in [-0.39, 0.29) is 0 Å². The highest BCUT2D eigenvalue weighted by Gasteiger charge is 1.97. The van der Waals surface area contributed by atoms with Crippen molar-refractivity contribution in [1.29, 1.82) is 0 Å². The Morgan fingerprint density at radius 1 is 1.57 bits per heavy atom. The maximum atomic E-state index is 4.07. The molecule has 0 amide bonds. The molecule has 0 aromatic rings. The molecule has 1 heteroatoms. The Balaban J connectivity index is 2.61. The highest BCUT2D eigenvalue weighted by Crippen LogP contribution is 2.08. The zero-order valence-corrected chi connectivity index (χ0v) is 4.73. The third-order valence-corrected chi connectivity index (χ3v) is 1.04. The first kappa shape index (κ1) is 4.57. The van der Waals surface area contributed by atoms with E-state index in [1.54, 1.807) is 0 Å². The molecule has 0 saturated carbocycles. The smallest absolute Gasteiger partial charge is 0.0260 e. The van der Waals surface area contributed by atoms with Crippen molar-refractivity contribution in [2.45, 2.75) is 20.3 Å². The third kappa shape index (κ3) is 0.889. The van der Waals surface area contributed by atoms with Crippen LogP contribution in [0.4, 0.5) is 0 Å². The summed E-state index contributed by atoms with van der Waals surface area (Å²) in [6.45, 7) is 4.15. The summed E-state index contributed by atoms with van der Waals surface area (Å²) in [5.41, 5.74) is 2.61. The van der Waals surface area contributed by atoms with Crippen LogP contribution in [0.2, 0.25) is 0 Å². The lowest BCUT2D eigenvalue weighted by molar-refractivity contribution is 1.30. The summed E-state index contributed by atoms with van der Waals surface area (Å²) in [6.07, 6.45) is 3.01. The maximum absolute atomic E-state index is 4.07. The summed E-state index contributed by atoms with van der Waals surface area (Å²) in [5.74, 6) is 0. The van der Waals surface area contributed by atoms with Gasteiger partial charge in [0, 0.05) is 18.3 Å². The molecule has 0 aliphatic carbocycles. The molecule has 1 aliphatic rings. The van der Waals surface area contributed by atoms with Crippen molar-refractivity contribution in [3.8, 4) is 0 Å². The van der Waals surface area contributed by atoms with Gasteiger partial charge in [-0.05, 0) is 19.4 Å². The van der Waals surface area contributed by atoms with E-state index in [1.807, 2.05) is 13.1 Å². The van der Waals surface area contributed by atoms with Crippen LogP contribution in [-0.4, -0.2) is 5.71 Å². The van der Waals surface area contributed by atoms with Crippen LogP contribution < -0.4 is 0 Å². The number of hydrogen-bond acceptors (Lipinski definition) is 1. The Morgan fingerprint density at radius 2 is 2.29 bits per heavy atom. The quantitative estimate of drug-likeness (QED) is 0.434. The van der Waals surface area contributed by atoms with Crippen LogP contribution in [0.1, 0.15) is 20.3 Å². The molecule has 1 nitrogen and oxygen atoms in total. The van der Waals surface area contributed by atoms with Crippen LogP contribution in [-0.2, 0) is 0 Å². The summed E-state index contributed by atoms with van der Waals surface area (Å²) >= 11 is 0. The van der Waals surface area contributed by atoms with E-state index < -0.39 is 0 Å². The maximum Gasteiger partial charge on any atom is 0.0260 e. The Hall–Kier alpha value is -0.590. The molecule has 0 saturated heterocycles. The van der Waals surface area contributed by atoms with E-state index in [0.29, 0.717) is 0 Å². The summed E-state index contributed by atoms with van der Waals surface area (Å²) in [4.78, 5) is 4.07. The Labute approximate surface area is 43.8 Å². The fraction of sp³-hybridized carbons (Fsp3) is 0.500. The minimum absolute atomic E-state index is 1.08. The fourth-order valence-corrected chi connectivity index (χ4v) is 0.715. The molecule has 1 aliphatic heterocycles. The van der Waals surface area contributed by atoms with Gasteiger partial charge < -0.3 is 0 Å². The summed E-state index contributed by atoms with van der Waals surface area (Å²) in [5, 5.41) is 0. The Bertz CT molecular complexity index is 115. The molecular weight excluding hydrogens is 86.1 g/mol. The molecule has 1 rings (SSSR count). The number of rotatable bonds is 0. The van der Waals surface area contributed by atoms with Gasteiger partial charge >= 0.3 is 0 Å². The van der Waals surface area contributed by atoms with Gasteiger partial charge in [0.2, 0.25) is 0 Å². The van der Waals surface area contributed by atoms with Gasteiger partial charge in [0.15, 0.2) is 0 Å². The third-order valence-electron chi connectivity index (χ3n) is 1.04. The second-order valence-electron chi connectivity index (χ2n) is 2.02. The summed E-state index contributed by atoms with van der Waals surface area (Å²) < 4.78 is 0. The van der Waals surface area contributed by atoms with Gasteiger partial charge in [-0.15, -0.1) is 0 Å². The number of allylic oxidation sites excluding steroid dienone is 1. The van der Waals surface area contributed by atoms with E-state index >= 15 is 0 Å². The largest absolute Gasteiger partial charge is 0.266 e. The van der Waals surface area contributed by atoms with Gasteiger partial charge in [0.05, 0.1) is 0 Å². The zero-order chi connectivity index (χ0) is 5.28. The molecule has 0 aromatic heterocycles. The minimum Gasteiger partial charge on any atom is -0.266 e. The van der Waals surface area contributed by atoms with Gasteiger partial charge in [0.25, 0.3) is 0 Å². The van der Waals surface area contributed by atoms with E-state index in [4.69, 9.17) is 0 Å². The Kier molecular flexibility index (Phi) is 0.970. The van der Waals surface area contributed by atoms with Crippen molar-refractivity contribution in [2.24, 2.45) is 4.99 Å². The van der Waals surface area contributed by atoms with Crippen LogP contribution >= 0.6 is 0 Å². The average molecular weight is 95.1 g/mol. The van der Waals surface area contributed by atoms with Crippen molar-refractivity contribution < 1.29 is 0 Å². The van der Waals surface area contributed by atoms with Gasteiger partial charge in [-0.2, -0.15) is 0 Å². The van der Waals surface area contributed by atoms with Crippen molar-refractivity contribution in [2.75, 3.05) is 0 Å². The Morgan fingerprint density at radius 3 is 2.43 bits per heavy atom. The van der Waals surface area contributed by atoms with Gasteiger partial charge in [-0.25, -0.2) is 0 Å². The lowest BCUT2D eigenvalue weighted by atomic mass is 10.2. The first-order chi connectivity index (χ1) is 3.29. The van der Waals surface area contributed by atoms with Crippen LogP contribution in [0.15, 0.2) is 16.8 Å². The molecule has 1 heterocycles. The van der Waals surface area contributed by atoms with E-state index in [1.165, 1.54) is 11.3 Å². The number of nitrogens with zero attached hydrogens (tertiary/aromatic N) is 1. The average Bonchev–Trinajstić information content (AvgIpc) is 1.87. The molecule has 0 fully saturated rings. The predicted octanol–water partition coefficient (Wildman–Crippen LogP) is 1.75. The highest BCUT2D eigenvalue weighted by atomic mass is 14.7. The first-order valence-electron chi connectivity index (χ1n) is 2.48. The monoisotopic (exact) mass is 95.1 g/mol. The lowest BCUT2D eigenvalue weighted by Gasteiger charge is -1.84. The number of hydrogen-bond donors (Lipinski definition) is 0. The second kappa shape index (κ2) is 1.49. The molecule has 0 radical (unpaired) electrons. The molecule has 0 spiro atoms. The van der Waals surface area contributed by atoms with Gasteiger partial charge in [-0.1, -0.05) is 0 Å². The van der Waals surface area contributed by atoms with E-state index in [9.17, 15) is 0 Å². The van der Waals surface area contributed by atoms with Crippen molar-refractivity contribution in [1.82, 2.24) is 0 Å². The fourth-order valence-electron chi connectivity index (χ4n) is 0.715. The molecule has 0 aromatic carbocycles. The molecule has 0 bridgehead atoms.